The van der Waals surface area contributed by atoms with Gasteiger partial charge in [-0.15, -0.1) is 0 Å². The lowest BCUT2D eigenvalue weighted by molar-refractivity contribution is 0.0426. The van der Waals surface area contributed by atoms with Crippen molar-refractivity contribution in [3.8, 4) is 33.4 Å². The van der Waals surface area contributed by atoms with Crippen LogP contribution in [-0.4, -0.2) is 0 Å². The normalized spacial score (nSPS) is 22.5. The summed E-state index contributed by atoms with van der Waals surface area (Å²) in [5, 5.41) is 2.30. The minimum Gasteiger partial charge on any atom is -0.455 e. The molecule has 2 saturated carbocycles. The second-order valence-electron chi connectivity index (χ2n) is 16.7. The van der Waals surface area contributed by atoms with Gasteiger partial charge in [-0.3, -0.25) is 0 Å². The maximum absolute atomic E-state index is 6.57. The van der Waals surface area contributed by atoms with E-state index in [0.29, 0.717) is 11.8 Å². The summed E-state index contributed by atoms with van der Waals surface area (Å²) in [7, 11) is 0. The molecule has 11 rings (SSSR count). The quantitative estimate of drug-likeness (QED) is 0.177. The Hall–Kier alpha value is -5.86. The Balaban J connectivity index is 1.14. The van der Waals surface area contributed by atoms with E-state index in [1.165, 1.54) is 64.9 Å². The summed E-state index contributed by atoms with van der Waals surface area (Å²) in [5.74, 6) is 2.81. The molecule has 0 saturated heterocycles. The lowest BCUT2D eigenvalue weighted by Gasteiger charge is -2.54. The standard InChI is InChI=1S/C53H45NO/c1-34-28-36-30-35(2)53(39(29-34)31-36)48-23-9-6-19-44(48)45-27-26-41(33-49(45)53)54(50-24-10-7-18-42(50)37-14-4-3-5-15-37)40-17-12-16-38(32-40)43-21-13-22-47-46-20-8-11-25-51(46)55-52(43)47/h3-27,32-36,39H,28-31H2,1-2H3/t34-,35+,36-,39-,53?/m0/s1. The van der Waals surface area contributed by atoms with Gasteiger partial charge in [0, 0.05) is 38.7 Å². The predicted molar refractivity (Wildman–Crippen MR) is 229 cm³/mol. The van der Waals surface area contributed by atoms with Crippen molar-refractivity contribution in [3.63, 3.8) is 0 Å². The average Bonchev–Trinajstić information content (AvgIpc) is 3.75. The first kappa shape index (κ1) is 32.6. The first-order valence-electron chi connectivity index (χ1n) is 20.3. The third-order valence-corrected chi connectivity index (χ3v) is 13.6. The summed E-state index contributed by atoms with van der Waals surface area (Å²) >= 11 is 0. The van der Waals surface area contributed by atoms with Crippen LogP contribution in [0.5, 0.6) is 0 Å². The van der Waals surface area contributed by atoms with Gasteiger partial charge in [0.15, 0.2) is 0 Å². The summed E-state index contributed by atoms with van der Waals surface area (Å²) < 4.78 is 6.57. The lowest BCUT2D eigenvalue weighted by atomic mass is 9.49. The maximum atomic E-state index is 6.57. The first-order chi connectivity index (χ1) is 27.1. The summed E-state index contributed by atoms with van der Waals surface area (Å²) in [6.07, 6.45) is 5.32. The number of anilines is 3. The van der Waals surface area contributed by atoms with E-state index in [1.807, 2.05) is 6.07 Å². The third-order valence-electron chi connectivity index (χ3n) is 13.6. The van der Waals surface area contributed by atoms with Crippen LogP contribution < -0.4 is 4.90 Å². The van der Waals surface area contributed by atoms with Crippen LogP contribution in [-0.2, 0) is 5.41 Å². The Kier molecular flexibility index (Phi) is 7.46. The molecular formula is C53H45NO. The van der Waals surface area contributed by atoms with Crippen molar-refractivity contribution in [2.75, 3.05) is 4.90 Å². The molecule has 0 amide bonds. The van der Waals surface area contributed by atoms with Crippen molar-refractivity contribution < 1.29 is 4.42 Å². The minimum absolute atomic E-state index is 0.0104. The molecule has 2 nitrogen and oxygen atoms in total. The van der Waals surface area contributed by atoms with Crippen LogP contribution in [0.15, 0.2) is 168 Å². The van der Waals surface area contributed by atoms with Gasteiger partial charge >= 0.3 is 0 Å². The molecule has 7 aromatic carbocycles. The summed E-state index contributed by atoms with van der Waals surface area (Å²) in [6, 6.07) is 60.5. The molecular weight excluding hydrogens is 667 g/mol. The maximum Gasteiger partial charge on any atom is 0.143 e. The van der Waals surface area contributed by atoms with Crippen LogP contribution in [0, 0.1) is 23.7 Å². The fraction of sp³-hybridized carbons (Fsp3) is 0.208. The van der Waals surface area contributed by atoms with Crippen molar-refractivity contribution in [2.45, 2.75) is 44.9 Å². The van der Waals surface area contributed by atoms with E-state index in [9.17, 15) is 0 Å². The van der Waals surface area contributed by atoms with E-state index in [1.54, 1.807) is 5.56 Å². The van der Waals surface area contributed by atoms with Crippen molar-refractivity contribution >= 4 is 39.0 Å². The van der Waals surface area contributed by atoms with Gasteiger partial charge in [-0.1, -0.05) is 141 Å². The Morgan fingerprint density at radius 3 is 2.11 bits per heavy atom. The fourth-order valence-electron chi connectivity index (χ4n) is 11.6. The van der Waals surface area contributed by atoms with E-state index in [0.717, 1.165) is 50.6 Å². The largest absolute Gasteiger partial charge is 0.455 e. The van der Waals surface area contributed by atoms with Gasteiger partial charge in [-0.25, -0.2) is 0 Å². The number of fused-ring (bicyclic) bond motifs is 11. The second-order valence-corrected chi connectivity index (χ2v) is 16.7. The lowest BCUT2D eigenvalue weighted by Crippen LogP contribution is -2.49. The fourth-order valence-corrected chi connectivity index (χ4v) is 11.6. The first-order valence-corrected chi connectivity index (χ1v) is 20.3. The Morgan fingerprint density at radius 1 is 0.509 bits per heavy atom. The van der Waals surface area contributed by atoms with Crippen LogP contribution in [0.25, 0.3) is 55.3 Å². The average molecular weight is 712 g/mol. The number of para-hydroxylation sites is 3. The Morgan fingerprint density at radius 2 is 1.20 bits per heavy atom. The molecule has 1 aromatic heterocycles. The van der Waals surface area contributed by atoms with Crippen LogP contribution in [0.3, 0.4) is 0 Å². The number of benzene rings is 7. The van der Waals surface area contributed by atoms with Gasteiger partial charge in [0.2, 0.25) is 0 Å². The molecule has 8 aromatic rings. The van der Waals surface area contributed by atoms with Crippen molar-refractivity contribution in [1.29, 1.82) is 0 Å². The van der Waals surface area contributed by atoms with Crippen LogP contribution >= 0.6 is 0 Å². The molecule has 1 heterocycles. The second kappa shape index (κ2) is 12.6. The minimum atomic E-state index is 0.0104. The topological polar surface area (TPSA) is 16.4 Å². The molecule has 55 heavy (non-hydrogen) atoms. The Bertz CT molecular complexity index is 2740. The van der Waals surface area contributed by atoms with Crippen LogP contribution in [0.1, 0.15) is 50.7 Å². The van der Waals surface area contributed by atoms with Gasteiger partial charge in [-0.2, -0.15) is 0 Å². The zero-order valence-electron chi connectivity index (χ0n) is 31.6. The number of hydrogen-bond donors (Lipinski definition) is 0. The van der Waals surface area contributed by atoms with Crippen molar-refractivity contribution in [1.82, 2.24) is 0 Å². The molecule has 5 atom stereocenters. The van der Waals surface area contributed by atoms with Crippen LogP contribution in [0.2, 0.25) is 0 Å². The van der Waals surface area contributed by atoms with Gasteiger partial charge < -0.3 is 9.32 Å². The highest BCUT2D eigenvalue weighted by atomic mass is 16.3. The molecule has 3 aliphatic carbocycles. The molecule has 268 valence electrons. The molecule has 1 spiro atoms. The highest BCUT2D eigenvalue weighted by Gasteiger charge is 2.56. The zero-order valence-corrected chi connectivity index (χ0v) is 31.6. The number of nitrogens with zero attached hydrogens (tertiary/aromatic N) is 1. The smallest absolute Gasteiger partial charge is 0.143 e. The van der Waals surface area contributed by atoms with Crippen molar-refractivity contribution in [3.05, 3.63) is 175 Å². The molecule has 0 radical (unpaired) electrons. The highest BCUT2D eigenvalue weighted by molar-refractivity contribution is 6.09. The summed E-state index contributed by atoms with van der Waals surface area (Å²) in [5.41, 5.74) is 16.0. The van der Waals surface area contributed by atoms with E-state index in [2.05, 4.69) is 176 Å². The molecule has 0 N–H and O–H groups in total. The molecule has 0 aliphatic heterocycles. The van der Waals surface area contributed by atoms with E-state index in [-0.39, 0.29) is 5.41 Å². The van der Waals surface area contributed by atoms with Gasteiger partial charge in [-0.05, 0) is 119 Å². The Labute approximate surface area is 324 Å². The predicted octanol–water partition coefficient (Wildman–Crippen LogP) is 14.7. The molecule has 2 heteroatoms. The van der Waals surface area contributed by atoms with Crippen LogP contribution in [0.4, 0.5) is 17.1 Å². The monoisotopic (exact) mass is 711 g/mol. The molecule has 1 unspecified atom stereocenters. The molecule has 2 fully saturated rings. The number of rotatable bonds is 5. The van der Waals surface area contributed by atoms with Gasteiger partial charge in [0.25, 0.3) is 0 Å². The number of furan rings is 1. The van der Waals surface area contributed by atoms with E-state index >= 15 is 0 Å². The molecule has 3 aliphatic rings. The third kappa shape index (κ3) is 4.93. The van der Waals surface area contributed by atoms with Gasteiger partial charge in [0.1, 0.15) is 11.2 Å². The summed E-state index contributed by atoms with van der Waals surface area (Å²) in [6.45, 7) is 5.07. The van der Waals surface area contributed by atoms with Crippen molar-refractivity contribution in [2.24, 2.45) is 23.7 Å². The van der Waals surface area contributed by atoms with E-state index in [4.69, 9.17) is 4.42 Å². The SMILES string of the molecule is C[C@H]1C[C@@H]2C[C@H](C1)C1(c3ccccc3-c3ccc(N(c4cccc(-c5cccc6c5oc5ccccc56)c4)c4ccccc4-c4ccccc4)cc31)[C@H](C)C2. The van der Waals surface area contributed by atoms with E-state index < -0.39 is 0 Å². The van der Waals surface area contributed by atoms with Gasteiger partial charge in [0.05, 0.1) is 5.69 Å². The number of hydrogen-bond acceptors (Lipinski definition) is 2. The zero-order chi connectivity index (χ0) is 36.7. The highest BCUT2D eigenvalue weighted by Crippen LogP contribution is 2.65. The molecule has 2 bridgehead atoms. The summed E-state index contributed by atoms with van der Waals surface area (Å²) in [4.78, 5) is 2.52.